The van der Waals surface area contributed by atoms with E-state index in [0.29, 0.717) is 12.4 Å². The van der Waals surface area contributed by atoms with E-state index in [0.717, 1.165) is 0 Å². The molecule has 0 bridgehead atoms. The molecule has 4 N–H and O–H groups in total. The molecule has 0 aliphatic rings. The summed E-state index contributed by atoms with van der Waals surface area (Å²) in [4.78, 5) is 11.0. The summed E-state index contributed by atoms with van der Waals surface area (Å²) in [5.41, 5.74) is 2.24. The van der Waals surface area contributed by atoms with Gasteiger partial charge in [0.2, 0.25) is 5.91 Å². The lowest BCUT2D eigenvalue weighted by atomic mass is 10.1. The third kappa shape index (κ3) is 4.31. The average Bonchev–Trinajstić information content (AvgIpc) is 2.38. The first-order valence-electron chi connectivity index (χ1n) is 5.64. The van der Waals surface area contributed by atoms with Gasteiger partial charge < -0.3 is 10.1 Å². The molecule has 1 rings (SSSR count). The second-order valence-electron chi connectivity index (χ2n) is 4.00. The standard InChI is InChI=1S/C12H18FN3O2/c1-8(15-2)7-18-10-4-3-9(11(13)6-10)5-12(17)16-14/h3-4,6,8,15H,5,7,14H2,1-2H3,(H,16,17)/t8-/m0/s1. The number of nitrogens with two attached hydrogens (primary N) is 1. The van der Waals surface area contributed by atoms with Gasteiger partial charge in [0.05, 0.1) is 6.42 Å². The highest BCUT2D eigenvalue weighted by molar-refractivity contribution is 5.77. The summed E-state index contributed by atoms with van der Waals surface area (Å²) < 4.78 is 19.0. The van der Waals surface area contributed by atoms with Crippen molar-refractivity contribution < 1.29 is 13.9 Å². The Balaban J connectivity index is 2.64. The van der Waals surface area contributed by atoms with Gasteiger partial charge >= 0.3 is 0 Å². The van der Waals surface area contributed by atoms with Gasteiger partial charge in [-0.1, -0.05) is 6.07 Å². The Bertz CT molecular complexity index is 412. The van der Waals surface area contributed by atoms with Crippen LogP contribution in [0.2, 0.25) is 0 Å². The number of hydrogen-bond donors (Lipinski definition) is 3. The highest BCUT2D eigenvalue weighted by Gasteiger charge is 2.09. The van der Waals surface area contributed by atoms with Crippen molar-refractivity contribution >= 4 is 5.91 Å². The maximum Gasteiger partial charge on any atom is 0.238 e. The van der Waals surface area contributed by atoms with E-state index in [-0.39, 0.29) is 18.0 Å². The van der Waals surface area contributed by atoms with Crippen molar-refractivity contribution in [1.82, 2.24) is 10.7 Å². The maximum atomic E-state index is 13.6. The molecule has 1 atom stereocenters. The largest absolute Gasteiger partial charge is 0.492 e. The van der Waals surface area contributed by atoms with Crippen LogP contribution in [0.4, 0.5) is 4.39 Å². The lowest BCUT2D eigenvalue weighted by Crippen LogP contribution is -2.31. The summed E-state index contributed by atoms with van der Waals surface area (Å²) in [6.45, 7) is 2.40. The third-order valence-electron chi connectivity index (χ3n) is 2.53. The van der Waals surface area contributed by atoms with Crippen molar-refractivity contribution in [1.29, 1.82) is 0 Å². The normalized spacial score (nSPS) is 12.0. The molecule has 0 radical (unpaired) electrons. The number of rotatable bonds is 6. The number of carbonyl (C=O) groups is 1. The van der Waals surface area contributed by atoms with E-state index >= 15 is 0 Å². The van der Waals surface area contributed by atoms with E-state index in [4.69, 9.17) is 10.6 Å². The number of carbonyl (C=O) groups excluding carboxylic acids is 1. The Morgan fingerprint density at radius 3 is 2.83 bits per heavy atom. The molecular formula is C12H18FN3O2. The number of benzene rings is 1. The average molecular weight is 255 g/mol. The van der Waals surface area contributed by atoms with E-state index < -0.39 is 11.7 Å². The van der Waals surface area contributed by atoms with Crippen molar-refractivity contribution in [2.45, 2.75) is 19.4 Å². The quantitative estimate of drug-likeness (QED) is 0.389. The summed E-state index contributed by atoms with van der Waals surface area (Å²) in [6, 6.07) is 4.59. The smallest absolute Gasteiger partial charge is 0.238 e. The zero-order chi connectivity index (χ0) is 13.5. The molecule has 1 amide bonds. The van der Waals surface area contributed by atoms with Gasteiger partial charge in [0.25, 0.3) is 0 Å². The van der Waals surface area contributed by atoms with Crippen LogP contribution in [0.15, 0.2) is 18.2 Å². The van der Waals surface area contributed by atoms with Gasteiger partial charge in [-0.2, -0.15) is 0 Å². The SMILES string of the molecule is CN[C@@H](C)COc1ccc(CC(=O)NN)c(F)c1. The van der Waals surface area contributed by atoms with E-state index in [1.54, 1.807) is 6.07 Å². The minimum Gasteiger partial charge on any atom is -0.492 e. The number of nitrogens with one attached hydrogen (secondary N) is 2. The summed E-state index contributed by atoms with van der Waals surface area (Å²) in [6.07, 6.45) is -0.0878. The molecule has 5 nitrogen and oxygen atoms in total. The van der Waals surface area contributed by atoms with Gasteiger partial charge in [-0.3, -0.25) is 10.2 Å². The Morgan fingerprint density at radius 1 is 1.56 bits per heavy atom. The number of ether oxygens (including phenoxy) is 1. The Labute approximate surface area is 105 Å². The number of amides is 1. The molecule has 0 spiro atoms. The minimum absolute atomic E-state index is 0.0878. The molecule has 0 unspecified atom stereocenters. The minimum atomic E-state index is -0.479. The predicted octanol–water partition coefficient (Wildman–Crippen LogP) is 0.345. The van der Waals surface area contributed by atoms with E-state index in [1.807, 2.05) is 19.4 Å². The Hall–Kier alpha value is -1.66. The molecular weight excluding hydrogens is 237 g/mol. The first kappa shape index (κ1) is 14.4. The fourth-order valence-corrected chi connectivity index (χ4v) is 1.29. The van der Waals surface area contributed by atoms with Crippen LogP contribution in [-0.2, 0) is 11.2 Å². The third-order valence-corrected chi connectivity index (χ3v) is 2.53. The number of halogens is 1. The van der Waals surface area contributed by atoms with Crippen molar-refractivity contribution in [3.05, 3.63) is 29.6 Å². The van der Waals surface area contributed by atoms with E-state index in [9.17, 15) is 9.18 Å². The lowest BCUT2D eigenvalue weighted by Gasteiger charge is -2.12. The number of hydrogen-bond acceptors (Lipinski definition) is 4. The zero-order valence-electron chi connectivity index (χ0n) is 10.5. The van der Waals surface area contributed by atoms with Gasteiger partial charge in [0, 0.05) is 12.1 Å². The van der Waals surface area contributed by atoms with Crippen LogP contribution in [0.5, 0.6) is 5.75 Å². The Kier molecular flexibility index (Phi) is 5.54. The van der Waals surface area contributed by atoms with Gasteiger partial charge in [-0.25, -0.2) is 10.2 Å². The van der Waals surface area contributed by atoms with Crippen LogP contribution < -0.4 is 21.3 Å². The van der Waals surface area contributed by atoms with Crippen LogP contribution in [0.1, 0.15) is 12.5 Å². The molecule has 0 aliphatic heterocycles. The van der Waals surface area contributed by atoms with Crippen LogP contribution in [0.25, 0.3) is 0 Å². The highest BCUT2D eigenvalue weighted by atomic mass is 19.1. The van der Waals surface area contributed by atoms with Gasteiger partial charge in [-0.15, -0.1) is 0 Å². The second kappa shape index (κ2) is 6.93. The molecule has 0 fully saturated rings. The first-order chi connectivity index (χ1) is 8.56. The monoisotopic (exact) mass is 255 g/mol. The number of hydrazine groups is 1. The molecule has 0 aromatic heterocycles. The molecule has 0 aliphatic carbocycles. The first-order valence-corrected chi connectivity index (χ1v) is 5.64. The molecule has 0 saturated carbocycles. The molecule has 100 valence electrons. The molecule has 1 aromatic carbocycles. The Morgan fingerprint density at radius 2 is 2.28 bits per heavy atom. The molecule has 1 aromatic rings. The lowest BCUT2D eigenvalue weighted by molar-refractivity contribution is -0.120. The molecule has 0 saturated heterocycles. The molecule has 6 heteroatoms. The highest BCUT2D eigenvalue weighted by Crippen LogP contribution is 2.17. The van der Waals surface area contributed by atoms with Crippen LogP contribution in [0, 0.1) is 5.82 Å². The van der Waals surface area contributed by atoms with Crippen LogP contribution in [-0.4, -0.2) is 25.6 Å². The number of likely N-dealkylation sites (N-methyl/N-ethyl adjacent to an activating group) is 1. The van der Waals surface area contributed by atoms with Crippen molar-refractivity contribution in [2.75, 3.05) is 13.7 Å². The van der Waals surface area contributed by atoms with Gasteiger partial charge in [0.15, 0.2) is 0 Å². The van der Waals surface area contributed by atoms with Crippen molar-refractivity contribution in [2.24, 2.45) is 5.84 Å². The van der Waals surface area contributed by atoms with Crippen LogP contribution >= 0.6 is 0 Å². The summed E-state index contributed by atoms with van der Waals surface area (Å²) in [5.74, 6) is 4.46. The van der Waals surface area contributed by atoms with Gasteiger partial charge in [-0.05, 0) is 25.6 Å². The summed E-state index contributed by atoms with van der Waals surface area (Å²) >= 11 is 0. The summed E-state index contributed by atoms with van der Waals surface area (Å²) in [5, 5.41) is 3.01. The van der Waals surface area contributed by atoms with Crippen LogP contribution in [0.3, 0.4) is 0 Å². The fraction of sp³-hybridized carbons (Fsp3) is 0.417. The van der Waals surface area contributed by atoms with E-state index in [1.165, 1.54) is 12.1 Å². The van der Waals surface area contributed by atoms with Crippen molar-refractivity contribution in [3.8, 4) is 5.75 Å². The predicted molar refractivity (Wildman–Crippen MR) is 66.5 cm³/mol. The topological polar surface area (TPSA) is 76.4 Å². The van der Waals surface area contributed by atoms with E-state index in [2.05, 4.69) is 5.32 Å². The van der Waals surface area contributed by atoms with Gasteiger partial charge in [0.1, 0.15) is 18.2 Å². The molecule has 18 heavy (non-hydrogen) atoms. The second-order valence-corrected chi connectivity index (χ2v) is 4.00. The fourth-order valence-electron chi connectivity index (χ4n) is 1.29. The summed E-state index contributed by atoms with van der Waals surface area (Å²) in [7, 11) is 1.82. The maximum absolute atomic E-state index is 13.6. The van der Waals surface area contributed by atoms with Crippen molar-refractivity contribution in [3.63, 3.8) is 0 Å². The molecule has 0 heterocycles. The zero-order valence-corrected chi connectivity index (χ0v) is 10.5.